The molecule has 0 radical (unpaired) electrons. The summed E-state index contributed by atoms with van der Waals surface area (Å²) in [5.41, 5.74) is 5.60. The molecule has 0 saturated heterocycles. The van der Waals surface area contributed by atoms with Crippen LogP contribution in [0.1, 0.15) is 11.1 Å². The first kappa shape index (κ1) is 37.1. The molecule has 10 aromatic rings. The Morgan fingerprint density at radius 1 is 0.361 bits per heavy atom. The van der Waals surface area contributed by atoms with Crippen molar-refractivity contribution in [1.82, 2.24) is 19.5 Å². The second-order valence-corrected chi connectivity index (χ2v) is 20.9. The lowest BCUT2D eigenvalue weighted by molar-refractivity contribution is 0.591. The lowest BCUT2D eigenvalue weighted by atomic mass is 9.91. The van der Waals surface area contributed by atoms with Crippen LogP contribution in [0.25, 0.3) is 50.5 Å². The van der Waals surface area contributed by atoms with Gasteiger partial charge in [-0.1, -0.05) is 182 Å². The molecule has 1 aliphatic rings. The van der Waals surface area contributed by atoms with Crippen molar-refractivity contribution in [3.63, 3.8) is 0 Å². The Labute approximate surface area is 354 Å². The first-order chi connectivity index (χ1) is 30.0. The van der Waals surface area contributed by atoms with Gasteiger partial charge in [0, 0.05) is 53.7 Å². The highest BCUT2D eigenvalue weighted by molar-refractivity contribution is 7.85. The van der Waals surface area contributed by atoms with E-state index in [9.17, 15) is 0 Å². The Hall–Kier alpha value is -6.97. The molecule has 0 N–H and O–H groups in total. The van der Waals surface area contributed by atoms with Crippen LogP contribution in [-0.2, 0) is 22.0 Å². The van der Waals surface area contributed by atoms with Crippen LogP contribution in [0.2, 0.25) is 0 Å². The van der Waals surface area contributed by atoms with E-state index in [-0.39, 0.29) is 0 Å². The van der Waals surface area contributed by atoms with Crippen molar-refractivity contribution < 1.29 is 9.13 Å². The fourth-order valence-corrected chi connectivity index (χ4v) is 14.4. The molecule has 8 aromatic carbocycles. The third kappa shape index (κ3) is 6.14. The molecular weight excluding hydrogens is 787 g/mol. The third-order valence-corrected chi connectivity index (χ3v) is 17.9. The van der Waals surface area contributed by atoms with Crippen LogP contribution in [0.15, 0.2) is 206 Å². The SMILES string of the molecule is O=P(c1ccccc1)(c1ccccc1)c1cc2c3c4c(cc(P(=O)(c5ccccc5)c5ccccc5)cc4n(-c4nc(-c5ccccc5)nc(-c5ccccc5)n4)c3c1)CC2. The van der Waals surface area contributed by atoms with E-state index < -0.39 is 14.3 Å². The number of aromatic nitrogens is 4. The van der Waals surface area contributed by atoms with E-state index in [0.717, 1.165) is 75.9 Å². The maximum absolute atomic E-state index is 16.1. The quantitative estimate of drug-likeness (QED) is 0.136. The Morgan fingerprint density at radius 3 is 1.00 bits per heavy atom. The maximum Gasteiger partial charge on any atom is 0.238 e. The second-order valence-electron chi connectivity index (χ2n) is 15.4. The molecule has 0 aliphatic heterocycles. The largest absolute Gasteiger partial charge is 0.309 e. The molecule has 0 fully saturated rings. The first-order valence-electron chi connectivity index (χ1n) is 20.4. The van der Waals surface area contributed by atoms with Gasteiger partial charge in [-0.05, 0) is 48.2 Å². The monoisotopic (exact) mass is 824 g/mol. The van der Waals surface area contributed by atoms with Gasteiger partial charge in [-0.15, -0.1) is 0 Å². The van der Waals surface area contributed by atoms with E-state index >= 15 is 9.13 Å². The molecule has 11 rings (SSSR count). The molecule has 0 saturated carbocycles. The van der Waals surface area contributed by atoms with Crippen molar-refractivity contribution in [3.05, 3.63) is 217 Å². The van der Waals surface area contributed by atoms with Gasteiger partial charge in [-0.25, -0.2) is 4.98 Å². The Kier molecular flexibility index (Phi) is 9.08. The lowest BCUT2D eigenvalue weighted by Gasteiger charge is -2.23. The zero-order valence-electron chi connectivity index (χ0n) is 33.0. The summed E-state index contributed by atoms with van der Waals surface area (Å²) in [5.74, 6) is 1.48. The van der Waals surface area contributed by atoms with Crippen molar-refractivity contribution in [2.45, 2.75) is 12.8 Å². The molecule has 6 nitrogen and oxygen atoms in total. The van der Waals surface area contributed by atoms with Gasteiger partial charge in [0.05, 0.1) is 11.0 Å². The summed E-state index contributed by atoms with van der Waals surface area (Å²) in [7, 11) is -6.79. The molecular formula is C53H38N4O2P2. The average Bonchev–Trinajstić information content (AvgIpc) is 3.69. The Bertz CT molecular complexity index is 3040. The third-order valence-electron chi connectivity index (χ3n) is 11.9. The van der Waals surface area contributed by atoms with Crippen LogP contribution < -0.4 is 31.8 Å². The summed E-state index contributed by atoms with van der Waals surface area (Å²) in [6, 6.07) is 67.7. The summed E-state index contributed by atoms with van der Waals surface area (Å²) >= 11 is 0. The summed E-state index contributed by atoms with van der Waals surface area (Å²) in [6.07, 6.45) is 1.43. The standard InChI is InChI=1S/C53H38N4O2P2/c58-60(41-23-11-3-12-24-41,42-25-13-4-14-26-42)45-33-39-31-32-40-34-46(61(59,43-27-15-5-16-28-43)44-29-17-6-18-30-44)36-48-50(40)49(39)47(35-45)57(48)53-55-51(37-19-7-1-8-20-37)54-52(56-53)38-21-9-2-10-22-38/h1-30,33-36H,31-32H2. The topological polar surface area (TPSA) is 77.7 Å². The van der Waals surface area contributed by atoms with E-state index in [1.165, 1.54) is 0 Å². The molecule has 0 bridgehead atoms. The van der Waals surface area contributed by atoms with E-state index in [1.54, 1.807) is 0 Å². The minimum absolute atomic E-state index is 0.421. The van der Waals surface area contributed by atoms with Crippen molar-refractivity contribution >= 4 is 67.9 Å². The van der Waals surface area contributed by atoms with Gasteiger partial charge >= 0.3 is 0 Å². The van der Waals surface area contributed by atoms with Gasteiger partial charge in [0.15, 0.2) is 25.9 Å². The maximum atomic E-state index is 16.1. The second kappa shape index (κ2) is 14.9. The van der Waals surface area contributed by atoms with Crippen LogP contribution in [0.3, 0.4) is 0 Å². The summed E-state index contributed by atoms with van der Waals surface area (Å²) in [4.78, 5) is 15.6. The number of benzene rings is 8. The molecule has 61 heavy (non-hydrogen) atoms. The fraction of sp³-hybridized carbons (Fsp3) is 0.0377. The average molecular weight is 825 g/mol. The Morgan fingerprint density at radius 2 is 0.672 bits per heavy atom. The lowest BCUT2D eigenvalue weighted by Crippen LogP contribution is -2.26. The molecule has 2 aromatic heterocycles. The number of hydrogen-bond acceptors (Lipinski definition) is 5. The van der Waals surface area contributed by atoms with Crippen LogP contribution in [-0.4, -0.2) is 19.5 Å². The number of hydrogen-bond donors (Lipinski definition) is 0. The molecule has 292 valence electrons. The number of nitrogens with zero attached hydrogens (tertiary/aromatic N) is 4. The zero-order chi connectivity index (χ0) is 41.0. The van der Waals surface area contributed by atoms with Crippen LogP contribution >= 0.6 is 14.3 Å². The highest BCUT2D eigenvalue weighted by Gasteiger charge is 2.36. The van der Waals surface area contributed by atoms with E-state index in [2.05, 4.69) is 28.8 Å². The highest BCUT2D eigenvalue weighted by Crippen LogP contribution is 2.49. The van der Waals surface area contributed by atoms with E-state index in [4.69, 9.17) is 15.0 Å². The molecule has 0 spiro atoms. The molecule has 0 unspecified atom stereocenters. The van der Waals surface area contributed by atoms with Crippen LogP contribution in [0.4, 0.5) is 0 Å². The van der Waals surface area contributed by atoms with Crippen molar-refractivity contribution in [3.8, 4) is 28.7 Å². The molecule has 0 atom stereocenters. The van der Waals surface area contributed by atoms with E-state index in [0.29, 0.717) is 30.4 Å². The first-order valence-corrected chi connectivity index (χ1v) is 23.9. The van der Waals surface area contributed by atoms with Gasteiger partial charge in [0.25, 0.3) is 0 Å². The smallest absolute Gasteiger partial charge is 0.238 e. The molecule has 1 aliphatic carbocycles. The fourth-order valence-electron chi connectivity index (χ4n) is 8.98. The molecule has 0 amide bonds. The summed E-state index contributed by atoms with van der Waals surface area (Å²) < 4.78 is 34.3. The molecule has 2 heterocycles. The van der Waals surface area contributed by atoms with Gasteiger partial charge in [-0.2, -0.15) is 9.97 Å². The predicted molar refractivity (Wildman–Crippen MR) is 251 cm³/mol. The van der Waals surface area contributed by atoms with Crippen LogP contribution in [0, 0.1) is 0 Å². The zero-order valence-corrected chi connectivity index (χ0v) is 34.8. The molecule has 8 heteroatoms. The summed E-state index contributed by atoms with van der Waals surface area (Å²) in [6.45, 7) is 0. The predicted octanol–water partition coefficient (Wildman–Crippen LogP) is 9.68. The number of aryl methyl sites for hydroxylation is 2. The Balaban J connectivity index is 1.28. The van der Waals surface area contributed by atoms with Crippen molar-refractivity contribution in [1.29, 1.82) is 0 Å². The van der Waals surface area contributed by atoms with E-state index in [1.807, 2.05) is 182 Å². The van der Waals surface area contributed by atoms with Gasteiger partial charge in [0.1, 0.15) is 0 Å². The number of rotatable bonds is 9. The normalized spacial score (nSPS) is 12.6. The summed E-state index contributed by atoms with van der Waals surface area (Å²) in [5, 5.41) is 6.66. The minimum Gasteiger partial charge on any atom is -0.309 e. The van der Waals surface area contributed by atoms with Crippen molar-refractivity contribution in [2.24, 2.45) is 0 Å². The van der Waals surface area contributed by atoms with Gasteiger partial charge < -0.3 is 9.13 Å². The van der Waals surface area contributed by atoms with Gasteiger partial charge in [0.2, 0.25) is 5.95 Å². The van der Waals surface area contributed by atoms with Gasteiger partial charge in [-0.3, -0.25) is 4.57 Å². The van der Waals surface area contributed by atoms with Crippen molar-refractivity contribution in [2.75, 3.05) is 0 Å². The minimum atomic E-state index is -3.40. The highest BCUT2D eigenvalue weighted by atomic mass is 31.2. The van der Waals surface area contributed by atoms with Crippen LogP contribution in [0.5, 0.6) is 0 Å².